The molecule has 0 aromatic heterocycles. The Morgan fingerprint density at radius 3 is 2.31 bits per heavy atom. The van der Waals surface area contributed by atoms with Gasteiger partial charge in [0.2, 0.25) is 5.91 Å². The van der Waals surface area contributed by atoms with Crippen LogP contribution in [-0.2, 0) is 22.6 Å². The van der Waals surface area contributed by atoms with Crippen molar-refractivity contribution >= 4 is 34.7 Å². The number of hydrogen-bond donors (Lipinski definition) is 1. The van der Waals surface area contributed by atoms with E-state index in [1.54, 1.807) is 17.0 Å². The first-order valence-corrected chi connectivity index (χ1v) is 14.6. The lowest BCUT2D eigenvalue weighted by molar-refractivity contribution is -0.119. The average molecular weight is 577 g/mol. The zero-order valence-electron chi connectivity index (χ0n) is 23.8. The van der Waals surface area contributed by atoms with Gasteiger partial charge in [-0.3, -0.25) is 14.5 Å². The molecule has 212 valence electrons. The van der Waals surface area contributed by atoms with Crippen molar-refractivity contribution in [2.45, 2.75) is 45.8 Å². The van der Waals surface area contributed by atoms with Gasteiger partial charge in [0.15, 0.2) is 5.78 Å². The average Bonchev–Trinajstić information content (AvgIpc) is 3.12. The number of ketones is 1. The standard InChI is InChI=1S/C36H33ClN2O3/c1-36(2)21-30-34(32(40)22-36)35(26-14-18-28(19-15-26)42-23-25-8-4-3-5-9-25)39(31-11-7-6-10-29(31)38-30)33(41)20-24-12-16-27(37)17-13-24/h3-19,35,38H,20-23H2,1-2H3. The number of para-hydroxylation sites is 2. The van der Waals surface area contributed by atoms with Gasteiger partial charge in [0.05, 0.1) is 23.8 Å². The van der Waals surface area contributed by atoms with Gasteiger partial charge in [0, 0.05) is 22.7 Å². The Bertz CT molecular complexity index is 1640. The van der Waals surface area contributed by atoms with Crippen LogP contribution in [-0.4, -0.2) is 11.7 Å². The molecule has 0 radical (unpaired) electrons. The third-order valence-corrected chi connectivity index (χ3v) is 8.13. The molecule has 42 heavy (non-hydrogen) atoms. The molecule has 2 aliphatic rings. The van der Waals surface area contributed by atoms with Crippen molar-refractivity contribution in [1.82, 2.24) is 0 Å². The summed E-state index contributed by atoms with van der Waals surface area (Å²) in [4.78, 5) is 30.0. The molecule has 6 heteroatoms. The van der Waals surface area contributed by atoms with Gasteiger partial charge in [0.25, 0.3) is 0 Å². The van der Waals surface area contributed by atoms with Crippen LogP contribution < -0.4 is 15.0 Å². The van der Waals surface area contributed by atoms with Crippen LogP contribution in [0, 0.1) is 5.41 Å². The number of allylic oxidation sites excluding steroid dienone is 1. The van der Waals surface area contributed by atoms with Crippen molar-refractivity contribution in [2.75, 3.05) is 10.2 Å². The molecule has 1 N–H and O–H groups in total. The molecule has 4 aromatic rings. The number of nitrogens with one attached hydrogen (secondary N) is 1. The molecular formula is C36H33ClN2O3. The first-order valence-electron chi connectivity index (χ1n) is 14.2. The van der Waals surface area contributed by atoms with Gasteiger partial charge >= 0.3 is 0 Å². The van der Waals surface area contributed by atoms with Crippen LogP contribution in [0.3, 0.4) is 0 Å². The summed E-state index contributed by atoms with van der Waals surface area (Å²) in [7, 11) is 0. The molecule has 0 saturated heterocycles. The van der Waals surface area contributed by atoms with Gasteiger partial charge in [-0.2, -0.15) is 0 Å². The number of hydrogen-bond acceptors (Lipinski definition) is 4. The second-order valence-electron chi connectivity index (χ2n) is 11.8. The minimum Gasteiger partial charge on any atom is -0.489 e. The SMILES string of the molecule is CC1(C)CC(=O)C2=C(C1)Nc1ccccc1N(C(=O)Cc1ccc(Cl)cc1)C2c1ccc(OCc2ccccc2)cc1. The zero-order valence-corrected chi connectivity index (χ0v) is 24.5. The molecule has 4 aromatic carbocycles. The molecule has 5 nitrogen and oxygen atoms in total. The van der Waals surface area contributed by atoms with Crippen LogP contribution in [0.5, 0.6) is 5.75 Å². The number of nitrogens with zero attached hydrogens (tertiary/aromatic N) is 1. The Hall–Kier alpha value is -4.35. The monoisotopic (exact) mass is 576 g/mol. The lowest BCUT2D eigenvalue weighted by atomic mass is 9.73. The summed E-state index contributed by atoms with van der Waals surface area (Å²) in [6.07, 6.45) is 1.29. The highest BCUT2D eigenvalue weighted by Crippen LogP contribution is 2.48. The predicted molar refractivity (Wildman–Crippen MR) is 168 cm³/mol. The van der Waals surface area contributed by atoms with Crippen molar-refractivity contribution in [3.63, 3.8) is 0 Å². The summed E-state index contributed by atoms with van der Waals surface area (Å²) in [6.45, 7) is 4.68. The Morgan fingerprint density at radius 1 is 0.881 bits per heavy atom. The predicted octanol–water partition coefficient (Wildman–Crippen LogP) is 8.30. The number of halogens is 1. The highest BCUT2D eigenvalue weighted by atomic mass is 35.5. The number of fused-ring (bicyclic) bond motifs is 1. The fraction of sp³-hybridized carbons (Fsp3) is 0.222. The van der Waals surface area contributed by atoms with E-state index in [1.807, 2.05) is 91.0 Å². The number of Topliss-reactive ketones (excluding diaryl/α,β-unsaturated/α-hetero) is 1. The second-order valence-corrected chi connectivity index (χ2v) is 12.2. The summed E-state index contributed by atoms with van der Waals surface area (Å²) in [6, 6.07) is 32.3. The van der Waals surface area contributed by atoms with Gasteiger partial charge in [-0.15, -0.1) is 0 Å². The third kappa shape index (κ3) is 5.83. The highest BCUT2D eigenvalue weighted by Gasteiger charge is 2.43. The Labute approximate surface area is 251 Å². The largest absolute Gasteiger partial charge is 0.489 e. The topological polar surface area (TPSA) is 58.6 Å². The van der Waals surface area contributed by atoms with Crippen LogP contribution in [0.2, 0.25) is 5.02 Å². The summed E-state index contributed by atoms with van der Waals surface area (Å²) in [5, 5.41) is 4.19. The molecule has 0 bridgehead atoms. The molecule has 0 fully saturated rings. The molecule has 1 amide bonds. The molecule has 1 aliphatic heterocycles. The molecule has 1 heterocycles. The number of anilines is 2. The number of amides is 1. The number of rotatable bonds is 6. The van der Waals surface area contributed by atoms with Gasteiger partial charge in [-0.05, 0) is 64.9 Å². The van der Waals surface area contributed by atoms with Crippen LogP contribution in [0.25, 0.3) is 0 Å². The van der Waals surface area contributed by atoms with Crippen molar-refractivity contribution in [3.8, 4) is 5.75 Å². The molecule has 1 unspecified atom stereocenters. The maximum absolute atomic E-state index is 14.3. The first kappa shape index (κ1) is 27.8. The van der Waals surface area contributed by atoms with E-state index >= 15 is 0 Å². The zero-order chi connectivity index (χ0) is 29.3. The Balaban J connectivity index is 1.43. The van der Waals surface area contributed by atoms with E-state index in [0.717, 1.165) is 39.5 Å². The van der Waals surface area contributed by atoms with Crippen LogP contribution >= 0.6 is 11.6 Å². The number of carbonyl (C=O) groups excluding carboxylic acids is 2. The number of carbonyl (C=O) groups is 2. The smallest absolute Gasteiger partial charge is 0.232 e. The summed E-state index contributed by atoms with van der Waals surface area (Å²) >= 11 is 6.12. The fourth-order valence-electron chi connectivity index (χ4n) is 5.93. The van der Waals surface area contributed by atoms with Gasteiger partial charge in [-0.1, -0.05) is 92.2 Å². The van der Waals surface area contributed by atoms with Crippen molar-refractivity contribution in [3.05, 3.63) is 136 Å². The Morgan fingerprint density at radius 2 is 1.57 bits per heavy atom. The minimum atomic E-state index is -0.595. The van der Waals surface area contributed by atoms with E-state index in [4.69, 9.17) is 16.3 Å². The van der Waals surface area contributed by atoms with Crippen molar-refractivity contribution in [1.29, 1.82) is 0 Å². The summed E-state index contributed by atoms with van der Waals surface area (Å²) in [5.74, 6) is 0.673. The number of ether oxygens (including phenoxy) is 1. The maximum Gasteiger partial charge on any atom is 0.232 e. The van der Waals surface area contributed by atoms with E-state index in [2.05, 4.69) is 19.2 Å². The van der Waals surface area contributed by atoms with Gasteiger partial charge < -0.3 is 10.1 Å². The molecule has 1 atom stereocenters. The maximum atomic E-state index is 14.3. The van der Waals surface area contributed by atoms with Crippen LogP contribution in [0.15, 0.2) is 114 Å². The number of benzene rings is 4. The van der Waals surface area contributed by atoms with E-state index in [0.29, 0.717) is 30.0 Å². The molecule has 0 spiro atoms. The lowest BCUT2D eigenvalue weighted by Crippen LogP contribution is -2.40. The first-order chi connectivity index (χ1) is 20.3. The Kier molecular flexibility index (Phi) is 7.61. The quantitative estimate of drug-likeness (QED) is 0.251. The minimum absolute atomic E-state index is 0.0558. The van der Waals surface area contributed by atoms with E-state index in [1.165, 1.54) is 0 Å². The molecular weight excluding hydrogens is 544 g/mol. The molecule has 0 saturated carbocycles. The van der Waals surface area contributed by atoms with Crippen LogP contribution in [0.4, 0.5) is 11.4 Å². The van der Waals surface area contributed by atoms with E-state index in [9.17, 15) is 9.59 Å². The highest BCUT2D eigenvalue weighted by molar-refractivity contribution is 6.30. The van der Waals surface area contributed by atoms with E-state index in [-0.39, 0.29) is 23.5 Å². The van der Waals surface area contributed by atoms with Crippen molar-refractivity contribution < 1.29 is 14.3 Å². The van der Waals surface area contributed by atoms with Crippen LogP contribution in [0.1, 0.15) is 49.4 Å². The van der Waals surface area contributed by atoms with Gasteiger partial charge in [-0.25, -0.2) is 0 Å². The van der Waals surface area contributed by atoms with E-state index < -0.39 is 6.04 Å². The summed E-state index contributed by atoms with van der Waals surface area (Å²) < 4.78 is 6.05. The van der Waals surface area contributed by atoms with Gasteiger partial charge in [0.1, 0.15) is 12.4 Å². The fourth-order valence-corrected chi connectivity index (χ4v) is 6.05. The molecule has 6 rings (SSSR count). The lowest BCUT2D eigenvalue weighted by Gasteiger charge is -2.37. The molecule has 1 aliphatic carbocycles. The normalized spacial score (nSPS) is 17.5. The second kappa shape index (κ2) is 11.5. The van der Waals surface area contributed by atoms with Crippen molar-refractivity contribution in [2.24, 2.45) is 5.41 Å². The summed E-state index contributed by atoms with van der Waals surface area (Å²) in [5.41, 5.74) is 5.67. The third-order valence-electron chi connectivity index (χ3n) is 7.88.